The predicted octanol–water partition coefficient (Wildman–Crippen LogP) is 3.32. The van der Waals surface area contributed by atoms with E-state index in [1.54, 1.807) is 0 Å². The van der Waals surface area contributed by atoms with E-state index in [-0.39, 0.29) is 11.6 Å². The zero-order valence-electron chi connectivity index (χ0n) is 10.5. The van der Waals surface area contributed by atoms with Gasteiger partial charge in [-0.3, -0.25) is 0 Å². The minimum Gasteiger partial charge on any atom is -0.457 e. The first kappa shape index (κ1) is 12.3. The fourth-order valence-corrected chi connectivity index (χ4v) is 1.79. The summed E-state index contributed by atoms with van der Waals surface area (Å²) in [6.45, 7) is 10.1. The fourth-order valence-electron chi connectivity index (χ4n) is 1.79. The third-order valence-corrected chi connectivity index (χ3v) is 2.68. The zero-order chi connectivity index (χ0) is 11.6. The largest absolute Gasteiger partial charge is 0.457 e. The zero-order valence-corrected chi connectivity index (χ0v) is 10.5. The lowest BCUT2D eigenvalue weighted by atomic mass is 9.96. The van der Waals surface area contributed by atoms with Crippen molar-refractivity contribution in [3.63, 3.8) is 0 Å². The van der Waals surface area contributed by atoms with Crippen LogP contribution in [-0.4, -0.2) is 11.6 Å². The van der Waals surface area contributed by atoms with Crippen LogP contribution in [0.4, 0.5) is 0 Å². The van der Waals surface area contributed by atoms with Crippen LogP contribution in [-0.2, 0) is 9.53 Å². The number of ether oxygens (including phenoxy) is 1. The molecule has 1 rings (SSSR count). The highest BCUT2D eigenvalue weighted by Gasteiger charge is 2.26. The molecule has 1 atom stereocenters. The first-order valence-electron chi connectivity index (χ1n) is 5.73. The van der Waals surface area contributed by atoms with Crippen LogP contribution in [0.5, 0.6) is 0 Å². The molecule has 0 fully saturated rings. The third-order valence-electron chi connectivity index (χ3n) is 2.68. The molecule has 0 heterocycles. The standard InChI is InChI=1S/C13H22O2/c1-9(2)10-6-7-11(8-10)12(14)15-13(3,4)5/h8-10H,6-7H2,1-5H3/t10-/m0/s1. The summed E-state index contributed by atoms with van der Waals surface area (Å²) in [6.07, 6.45) is 4.06. The van der Waals surface area contributed by atoms with Gasteiger partial charge in [0.25, 0.3) is 0 Å². The summed E-state index contributed by atoms with van der Waals surface area (Å²) in [5.41, 5.74) is 0.483. The topological polar surface area (TPSA) is 26.3 Å². The molecular formula is C13H22O2. The molecule has 0 unspecified atom stereocenters. The molecule has 0 radical (unpaired) electrons. The molecule has 0 aliphatic heterocycles. The molecule has 0 bridgehead atoms. The molecule has 0 aromatic carbocycles. The summed E-state index contributed by atoms with van der Waals surface area (Å²) >= 11 is 0. The van der Waals surface area contributed by atoms with Crippen LogP contribution >= 0.6 is 0 Å². The number of rotatable bonds is 2. The number of hydrogen-bond donors (Lipinski definition) is 0. The van der Waals surface area contributed by atoms with Crippen molar-refractivity contribution in [2.45, 2.75) is 53.1 Å². The molecule has 2 heteroatoms. The number of allylic oxidation sites excluding steroid dienone is 1. The SMILES string of the molecule is CC(C)[C@@H]1C=C(C(=O)OC(C)(C)C)CC1. The molecule has 0 spiro atoms. The van der Waals surface area contributed by atoms with Gasteiger partial charge in [0, 0.05) is 5.57 Å². The summed E-state index contributed by atoms with van der Waals surface area (Å²) in [5.74, 6) is 1.03. The normalized spacial score (nSPS) is 21.7. The van der Waals surface area contributed by atoms with Crippen molar-refractivity contribution < 1.29 is 9.53 Å². The van der Waals surface area contributed by atoms with Gasteiger partial charge in [-0.25, -0.2) is 4.79 Å². The molecule has 0 N–H and O–H groups in total. The first-order valence-corrected chi connectivity index (χ1v) is 5.73. The van der Waals surface area contributed by atoms with E-state index in [9.17, 15) is 4.79 Å². The summed E-state index contributed by atoms with van der Waals surface area (Å²) in [5, 5.41) is 0. The number of carbonyl (C=O) groups is 1. The van der Waals surface area contributed by atoms with Gasteiger partial charge in [0.05, 0.1) is 0 Å². The molecule has 0 amide bonds. The smallest absolute Gasteiger partial charge is 0.334 e. The molecular weight excluding hydrogens is 188 g/mol. The maximum absolute atomic E-state index is 11.7. The highest BCUT2D eigenvalue weighted by molar-refractivity contribution is 5.89. The Morgan fingerprint density at radius 1 is 1.47 bits per heavy atom. The molecule has 1 aliphatic rings. The molecule has 0 saturated carbocycles. The summed E-state index contributed by atoms with van der Waals surface area (Å²) in [4.78, 5) is 11.7. The van der Waals surface area contributed by atoms with Crippen molar-refractivity contribution in [2.24, 2.45) is 11.8 Å². The number of esters is 1. The van der Waals surface area contributed by atoms with Crippen LogP contribution in [0.3, 0.4) is 0 Å². The molecule has 0 aromatic rings. The van der Waals surface area contributed by atoms with Gasteiger partial charge in [-0.05, 0) is 45.4 Å². The van der Waals surface area contributed by atoms with Gasteiger partial charge in [0.2, 0.25) is 0 Å². The van der Waals surface area contributed by atoms with Crippen LogP contribution in [0, 0.1) is 11.8 Å². The second kappa shape index (κ2) is 4.38. The Bertz CT molecular complexity index is 269. The van der Waals surface area contributed by atoms with Crippen molar-refractivity contribution in [3.8, 4) is 0 Å². The average Bonchev–Trinajstić information content (AvgIpc) is 2.47. The van der Waals surface area contributed by atoms with Gasteiger partial charge < -0.3 is 4.74 Å². The van der Waals surface area contributed by atoms with E-state index >= 15 is 0 Å². The van der Waals surface area contributed by atoms with E-state index in [4.69, 9.17) is 4.74 Å². The quantitative estimate of drug-likeness (QED) is 0.653. The molecule has 1 aliphatic carbocycles. The second-order valence-electron chi connectivity index (χ2n) is 5.64. The van der Waals surface area contributed by atoms with Crippen molar-refractivity contribution in [2.75, 3.05) is 0 Å². The number of carbonyl (C=O) groups excluding carboxylic acids is 1. The van der Waals surface area contributed by atoms with E-state index in [1.165, 1.54) is 0 Å². The van der Waals surface area contributed by atoms with Gasteiger partial charge in [0.1, 0.15) is 5.60 Å². The van der Waals surface area contributed by atoms with Gasteiger partial charge >= 0.3 is 5.97 Å². The third kappa shape index (κ3) is 3.69. The number of hydrogen-bond acceptors (Lipinski definition) is 2. The maximum atomic E-state index is 11.7. The van der Waals surface area contributed by atoms with E-state index in [0.29, 0.717) is 11.8 Å². The Balaban J connectivity index is 2.59. The van der Waals surface area contributed by atoms with Crippen LogP contribution in [0.25, 0.3) is 0 Å². The molecule has 2 nitrogen and oxygen atoms in total. The predicted molar refractivity (Wildman–Crippen MR) is 61.5 cm³/mol. The van der Waals surface area contributed by atoms with E-state index in [2.05, 4.69) is 19.9 Å². The van der Waals surface area contributed by atoms with E-state index in [0.717, 1.165) is 18.4 Å². The van der Waals surface area contributed by atoms with Crippen molar-refractivity contribution >= 4 is 5.97 Å². The van der Waals surface area contributed by atoms with Crippen LogP contribution in [0.15, 0.2) is 11.6 Å². The lowest BCUT2D eigenvalue weighted by Gasteiger charge is -2.19. The molecule has 86 valence electrons. The van der Waals surface area contributed by atoms with E-state index in [1.807, 2.05) is 20.8 Å². The summed E-state index contributed by atoms with van der Waals surface area (Å²) in [6, 6.07) is 0. The lowest BCUT2D eigenvalue weighted by Crippen LogP contribution is -2.24. The Hall–Kier alpha value is -0.790. The van der Waals surface area contributed by atoms with Gasteiger partial charge in [-0.1, -0.05) is 19.9 Å². The Labute approximate surface area is 92.7 Å². The van der Waals surface area contributed by atoms with Gasteiger partial charge in [-0.2, -0.15) is 0 Å². The van der Waals surface area contributed by atoms with Gasteiger partial charge in [-0.15, -0.1) is 0 Å². The fraction of sp³-hybridized carbons (Fsp3) is 0.769. The average molecular weight is 210 g/mol. The lowest BCUT2D eigenvalue weighted by molar-refractivity contribution is -0.149. The van der Waals surface area contributed by atoms with Crippen molar-refractivity contribution in [1.29, 1.82) is 0 Å². The maximum Gasteiger partial charge on any atom is 0.334 e. The van der Waals surface area contributed by atoms with Crippen molar-refractivity contribution in [3.05, 3.63) is 11.6 Å². The van der Waals surface area contributed by atoms with E-state index < -0.39 is 0 Å². The summed E-state index contributed by atoms with van der Waals surface area (Å²) in [7, 11) is 0. The van der Waals surface area contributed by atoms with Gasteiger partial charge in [0.15, 0.2) is 0 Å². The Morgan fingerprint density at radius 2 is 2.07 bits per heavy atom. The van der Waals surface area contributed by atoms with Crippen LogP contribution in [0.1, 0.15) is 47.5 Å². The van der Waals surface area contributed by atoms with Crippen molar-refractivity contribution in [1.82, 2.24) is 0 Å². The second-order valence-corrected chi connectivity index (χ2v) is 5.64. The molecule has 15 heavy (non-hydrogen) atoms. The van der Waals surface area contributed by atoms with Crippen LogP contribution < -0.4 is 0 Å². The monoisotopic (exact) mass is 210 g/mol. The first-order chi connectivity index (χ1) is 6.79. The highest BCUT2D eigenvalue weighted by atomic mass is 16.6. The minimum atomic E-state index is -0.381. The minimum absolute atomic E-state index is 0.134. The molecule has 0 aromatic heterocycles. The highest BCUT2D eigenvalue weighted by Crippen LogP contribution is 2.30. The molecule has 0 saturated heterocycles. The Kier molecular flexibility index (Phi) is 3.58. The summed E-state index contributed by atoms with van der Waals surface area (Å²) < 4.78 is 5.34. The Morgan fingerprint density at radius 3 is 2.47 bits per heavy atom. The van der Waals surface area contributed by atoms with Crippen LogP contribution in [0.2, 0.25) is 0 Å².